The van der Waals surface area contributed by atoms with E-state index < -0.39 is 10.8 Å². The Kier molecular flexibility index (Phi) is 8.87. The molecule has 0 saturated carbocycles. The average Bonchev–Trinajstić information content (AvgIpc) is 3.01. The van der Waals surface area contributed by atoms with E-state index in [2.05, 4.69) is 44.8 Å². The number of nitro benzene ring substituents is 1. The lowest BCUT2D eigenvalue weighted by Gasteiger charge is -2.35. The van der Waals surface area contributed by atoms with Crippen LogP contribution in [0.2, 0.25) is 0 Å². The molecule has 1 aliphatic rings. The van der Waals surface area contributed by atoms with Crippen LogP contribution in [-0.2, 0) is 13.0 Å². The average molecular weight is 564 g/mol. The lowest BCUT2D eigenvalue weighted by Crippen LogP contribution is -2.36. The number of anilines is 2. The molecule has 2 heterocycles. The summed E-state index contributed by atoms with van der Waals surface area (Å²) in [5.41, 5.74) is 4.42. The van der Waals surface area contributed by atoms with Crippen molar-refractivity contribution in [3.63, 3.8) is 0 Å². The third-order valence-corrected chi connectivity index (χ3v) is 7.67. The van der Waals surface area contributed by atoms with E-state index in [0.29, 0.717) is 29.3 Å². The number of benzene rings is 3. The molecule has 2 amide bonds. The van der Waals surface area contributed by atoms with Crippen LogP contribution >= 0.6 is 0 Å². The number of aromatic nitrogens is 1. The van der Waals surface area contributed by atoms with Gasteiger partial charge in [0.25, 0.3) is 17.5 Å². The Balaban J connectivity index is 1.35. The van der Waals surface area contributed by atoms with Gasteiger partial charge in [-0.2, -0.15) is 0 Å². The third kappa shape index (κ3) is 6.98. The van der Waals surface area contributed by atoms with Crippen LogP contribution in [0.1, 0.15) is 50.2 Å². The lowest BCUT2D eigenvalue weighted by atomic mass is 9.89. The molecule has 3 aromatic carbocycles. The minimum Gasteiger partial charge on any atom is -0.371 e. The predicted octanol–water partition coefficient (Wildman–Crippen LogP) is 5.94. The molecule has 0 spiro atoms. The van der Waals surface area contributed by atoms with Crippen LogP contribution in [0, 0.1) is 23.0 Å². The first-order valence-corrected chi connectivity index (χ1v) is 14.0. The number of aryl methyl sites for hydroxylation is 1. The summed E-state index contributed by atoms with van der Waals surface area (Å²) in [5, 5.41) is 17.1. The second-order valence-corrected chi connectivity index (χ2v) is 10.6. The van der Waals surface area contributed by atoms with Gasteiger partial charge in [-0.1, -0.05) is 42.5 Å². The SMILES string of the molecule is Cc1ccc(C(=O)Nc2ccc(N3CCC(Cc4ccccc4)CC3)c(C(=O)NCc3cccnc3)c2)cc1[N+](=O)[O-]. The monoisotopic (exact) mass is 563 g/mol. The van der Waals surface area contributed by atoms with Gasteiger partial charge in [-0.25, -0.2) is 0 Å². The number of nitrogens with one attached hydrogen (secondary N) is 2. The number of nitrogens with zero attached hydrogens (tertiary/aromatic N) is 3. The van der Waals surface area contributed by atoms with Crippen LogP contribution in [-0.4, -0.2) is 34.8 Å². The fraction of sp³-hybridized carbons (Fsp3) is 0.242. The highest BCUT2D eigenvalue weighted by molar-refractivity contribution is 6.06. The molecule has 0 radical (unpaired) electrons. The summed E-state index contributed by atoms with van der Waals surface area (Å²) in [6.07, 6.45) is 6.44. The number of carbonyl (C=O) groups excluding carboxylic acids is 2. The zero-order valence-electron chi connectivity index (χ0n) is 23.5. The Labute approximate surface area is 244 Å². The largest absolute Gasteiger partial charge is 0.371 e. The molecule has 0 atom stereocenters. The van der Waals surface area contributed by atoms with Gasteiger partial charge in [0.2, 0.25) is 0 Å². The number of hydrogen-bond donors (Lipinski definition) is 2. The quantitative estimate of drug-likeness (QED) is 0.192. The zero-order chi connectivity index (χ0) is 29.5. The molecule has 0 aliphatic carbocycles. The van der Waals surface area contributed by atoms with E-state index in [1.165, 1.54) is 11.6 Å². The van der Waals surface area contributed by atoms with E-state index in [4.69, 9.17) is 0 Å². The van der Waals surface area contributed by atoms with Crippen molar-refractivity contribution >= 4 is 28.9 Å². The van der Waals surface area contributed by atoms with E-state index in [0.717, 1.165) is 43.6 Å². The zero-order valence-corrected chi connectivity index (χ0v) is 23.5. The molecule has 5 rings (SSSR count). The summed E-state index contributed by atoms with van der Waals surface area (Å²) in [7, 11) is 0. The van der Waals surface area contributed by atoms with Gasteiger partial charge in [-0.3, -0.25) is 24.7 Å². The van der Waals surface area contributed by atoms with Gasteiger partial charge in [-0.05, 0) is 73.6 Å². The van der Waals surface area contributed by atoms with Crippen molar-refractivity contribution in [3.8, 4) is 0 Å². The molecule has 1 aromatic heterocycles. The van der Waals surface area contributed by atoms with E-state index in [9.17, 15) is 19.7 Å². The Hall–Kier alpha value is -5.05. The third-order valence-electron chi connectivity index (χ3n) is 7.67. The van der Waals surface area contributed by atoms with Crippen molar-refractivity contribution in [3.05, 3.63) is 129 Å². The van der Waals surface area contributed by atoms with Crippen LogP contribution in [0.15, 0.2) is 91.3 Å². The highest BCUT2D eigenvalue weighted by Crippen LogP contribution is 2.30. The molecular formula is C33H33N5O4. The van der Waals surface area contributed by atoms with Gasteiger partial charge >= 0.3 is 0 Å². The van der Waals surface area contributed by atoms with E-state index in [1.54, 1.807) is 43.6 Å². The molecule has 2 N–H and O–H groups in total. The summed E-state index contributed by atoms with van der Waals surface area (Å²) in [6, 6.07) is 23.9. The lowest BCUT2D eigenvalue weighted by molar-refractivity contribution is -0.385. The maximum Gasteiger partial charge on any atom is 0.273 e. The molecule has 9 nitrogen and oxygen atoms in total. The van der Waals surface area contributed by atoms with Crippen LogP contribution in [0.25, 0.3) is 0 Å². The smallest absolute Gasteiger partial charge is 0.273 e. The van der Waals surface area contributed by atoms with Crippen molar-refractivity contribution in [1.29, 1.82) is 0 Å². The van der Waals surface area contributed by atoms with Crippen LogP contribution in [0.3, 0.4) is 0 Å². The molecule has 42 heavy (non-hydrogen) atoms. The van der Waals surface area contributed by atoms with Gasteiger partial charge in [-0.15, -0.1) is 0 Å². The summed E-state index contributed by atoms with van der Waals surface area (Å²) in [4.78, 5) is 43.7. The first kappa shape index (κ1) is 28.5. The molecule has 214 valence electrons. The molecule has 0 bridgehead atoms. The van der Waals surface area contributed by atoms with E-state index >= 15 is 0 Å². The standard InChI is InChI=1S/C33H33N5O4/c1-23-9-10-27(19-31(23)38(41)42)32(39)36-28-11-12-30(29(20-28)33(40)35-22-26-8-5-15-34-21-26)37-16-13-25(14-17-37)18-24-6-3-2-4-7-24/h2-12,15,19-21,25H,13-14,16-18,22H2,1H3,(H,35,40)(H,36,39). The Bertz CT molecular complexity index is 1570. The van der Waals surface area contributed by atoms with E-state index in [-0.39, 0.29) is 17.2 Å². The molecule has 1 fully saturated rings. The number of piperidine rings is 1. The molecule has 0 unspecified atom stereocenters. The maximum atomic E-state index is 13.5. The second-order valence-electron chi connectivity index (χ2n) is 10.6. The fourth-order valence-corrected chi connectivity index (χ4v) is 5.33. The topological polar surface area (TPSA) is 117 Å². The fourth-order valence-electron chi connectivity index (χ4n) is 5.33. The number of carbonyl (C=O) groups is 2. The molecular weight excluding hydrogens is 530 g/mol. The minimum atomic E-state index is -0.505. The summed E-state index contributed by atoms with van der Waals surface area (Å²) < 4.78 is 0. The second kappa shape index (κ2) is 13.1. The molecule has 9 heteroatoms. The molecule has 1 saturated heterocycles. The summed E-state index contributed by atoms with van der Waals surface area (Å²) in [6.45, 7) is 3.58. The van der Waals surface area contributed by atoms with Gasteiger partial charge in [0, 0.05) is 60.6 Å². The van der Waals surface area contributed by atoms with Crippen LogP contribution in [0.5, 0.6) is 0 Å². The normalized spacial score (nSPS) is 13.4. The van der Waals surface area contributed by atoms with Gasteiger partial charge in [0.05, 0.1) is 10.5 Å². The minimum absolute atomic E-state index is 0.121. The number of rotatable bonds is 9. The highest BCUT2D eigenvalue weighted by atomic mass is 16.6. The highest BCUT2D eigenvalue weighted by Gasteiger charge is 2.24. The van der Waals surface area contributed by atoms with Gasteiger partial charge in [0.15, 0.2) is 0 Å². The van der Waals surface area contributed by atoms with Crippen molar-refractivity contribution in [2.24, 2.45) is 5.92 Å². The van der Waals surface area contributed by atoms with Crippen molar-refractivity contribution in [2.45, 2.75) is 32.7 Å². The van der Waals surface area contributed by atoms with Gasteiger partial charge in [0.1, 0.15) is 0 Å². The Morgan fingerprint density at radius 3 is 2.43 bits per heavy atom. The van der Waals surface area contributed by atoms with Crippen LogP contribution in [0.4, 0.5) is 17.1 Å². The Morgan fingerprint density at radius 1 is 0.952 bits per heavy atom. The number of amides is 2. The number of hydrogen-bond acceptors (Lipinski definition) is 6. The van der Waals surface area contributed by atoms with E-state index in [1.807, 2.05) is 24.3 Å². The Morgan fingerprint density at radius 2 is 1.71 bits per heavy atom. The number of pyridine rings is 1. The summed E-state index contributed by atoms with van der Waals surface area (Å²) in [5.74, 6) is -0.180. The van der Waals surface area contributed by atoms with Crippen molar-refractivity contribution in [1.82, 2.24) is 10.3 Å². The van der Waals surface area contributed by atoms with Crippen LogP contribution < -0.4 is 15.5 Å². The first-order chi connectivity index (χ1) is 20.4. The molecule has 4 aromatic rings. The maximum absolute atomic E-state index is 13.5. The van der Waals surface area contributed by atoms with Crippen molar-refractivity contribution in [2.75, 3.05) is 23.3 Å². The molecule has 1 aliphatic heterocycles. The first-order valence-electron chi connectivity index (χ1n) is 14.0. The van der Waals surface area contributed by atoms with Gasteiger partial charge < -0.3 is 15.5 Å². The van der Waals surface area contributed by atoms with Crippen molar-refractivity contribution < 1.29 is 14.5 Å². The summed E-state index contributed by atoms with van der Waals surface area (Å²) >= 11 is 0. The number of nitro groups is 1. The predicted molar refractivity (Wildman–Crippen MR) is 163 cm³/mol.